The Bertz CT molecular complexity index is 398. The number of rotatable bonds is 8. The first kappa shape index (κ1) is 15.8. The third kappa shape index (κ3) is 5.51. The summed E-state index contributed by atoms with van der Waals surface area (Å²) in [7, 11) is 0. The SMILES string of the molecule is CCCNc1ncccc1C(=O)NC(C)CSCC. The number of carbonyl (C=O) groups excluding carboxylic acids is 1. The lowest BCUT2D eigenvalue weighted by Gasteiger charge is -2.15. The maximum absolute atomic E-state index is 12.2. The summed E-state index contributed by atoms with van der Waals surface area (Å²) < 4.78 is 0. The predicted molar refractivity (Wildman–Crippen MR) is 82.9 cm³/mol. The van der Waals surface area contributed by atoms with Crippen LogP contribution in [0.2, 0.25) is 0 Å². The predicted octanol–water partition coefficient (Wildman–Crippen LogP) is 2.77. The van der Waals surface area contributed by atoms with E-state index in [0.717, 1.165) is 24.5 Å². The average molecular weight is 281 g/mol. The minimum absolute atomic E-state index is 0.0593. The van der Waals surface area contributed by atoms with Crippen molar-refractivity contribution in [3.63, 3.8) is 0 Å². The number of pyridine rings is 1. The van der Waals surface area contributed by atoms with Crippen molar-refractivity contribution < 1.29 is 4.79 Å². The van der Waals surface area contributed by atoms with Crippen LogP contribution in [-0.4, -0.2) is 35.0 Å². The molecule has 0 aliphatic carbocycles. The number of carbonyl (C=O) groups is 1. The molecule has 1 aromatic heterocycles. The number of thioether (sulfide) groups is 1. The van der Waals surface area contributed by atoms with Crippen LogP contribution in [-0.2, 0) is 0 Å². The van der Waals surface area contributed by atoms with Crippen LogP contribution in [0.4, 0.5) is 5.82 Å². The van der Waals surface area contributed by atoms with Gasteiger partial charge in [0.25, 0.3) is 5.91 Å². The zero-order valence-electron chi connectivity index (χ0n) is 11.9. The summed E-state index contributed by atoms with van der Waals surface area (Å²) in [5.41, 5.74) is 0.615. The summed E-state index contributed by atoms with van der Waals surface area (Å²) >= 11 is 1.83. The van der Waals surface area contributed by atoms with Crippen LogP contribution in [0, 0.1) is 0 Å². The molecular formula is C14H23N3OS. The van der Waals surface area contributed by atoms with E-state index < -0.39 is 0 Å². The van der Waals surface area contributed by atoms with Gasteiger partial charge in [-0.25, -0.2) is 4.98 Å². The van der Waals surface area contributed by atoms with Gasteiger partial charge in [0.2, 0.25) is 0 Å². The van der Waals surface area contributed by atoms with Gasteiger partial charge in [0.1, 0.15) is 5.82 Å². The highest BCUT2D eigenvalue weighted by Crippen LogP contribution is 2.12. The van der Waals surface area contributed by atoms with Crippen molar-refractivity contribution in [3.05, 3.63) is 23.9 Å². The van der Waals surface area contributed by atoms with Gasteiger partial charge in [-0.1, -0.05) is 13.8 Å². The molecule has 0 aliphatic rings. The fourth-order valence-electron chi connectivity index (χ4n) is 1.61. The normalized spacial score (nSPS) is 11.9. The van der Waals surface area contributed by atoms with Gasteiger partial charge >= 0.3 is 0 Å². The topological polar surface area (TPSA) is 54.0 Å². The lowest BCUT2D eigenvalue weighted by Crippen LogP contribution is -2.34. The number of amides is 1. The molecule has 0 aromatic carbocycles. The zero-order chi connectivity index (χ0) is 14.1. The lowest BCUT2D eigenvalue weighted by atomic mass is 10.2. The molecule has 0 saturated heterocycles. The summed E-state index contributed by atoms with van der Waals surface area (Å²) in [6.07, 6.45) is 2.70. The third-order valence-electron chi connectivity index (χ3n) is 2.54. The maximum atomic E-state index is 12.2. The molecule has 1 rings (SSSR count). The summed E-state index contributed by atoms with van der Waals surface area (Å²) in [6, 6.07) is 3.76. The Morgan fingerprint density at radius 1 is 1.47 bits per heavy atom. The molecule has 19 heavy (non-hydrogen) atoms. The van der Waals surface area contributed by atoms with Crippen molar-refractivity contribution in [2.75, 3.05) is 23.4 Å². The minimum Gasteiger partial charge on any atom is -0.369 e. The monoisotopic (exact) mass is 281 g/mol. The number of nitrogens with zero attached hydrogens (tertiary/aromatic N) is 1. The molecule has 5 heteroatoms. The summed E-state index contributed by atoms with van der Waals surface area (Å²) in [5, 5.41) is 6.19. The minimum atomic E-state index is -0.0593. The first-order valence-electron chi connectivity index (χ1n) is 6.76. The van der Waals surface area contributed by atoms with Crippen LogP contribution in [0.5, 0.6) is 0 Å². The van der Waals surface area contributed by atoms with Crippen molar-refractivity contribution in [3.8, 4) is 0 Å². The van der Waals surface area contributed by atoms with Crippen molar-refractivity contribution in [2.24, 2.45) is 0 Å². The summed E-state index contributed by atoms with van der Waals surface area (Å²) in [6.45, 7) is 7.04. The van der Waals surface area contributed by atoms with Gasteiger partial charge in [0.05, 0.1) is 5.56 Å². The van der Waals surface area contributed by atoms with Crippen LogP contribution in [0.1, 0.15) is 37.6 Å². The molecule has 0 fully saturated rings. The average Bonchev–Trinajstić information content (AvgIpc) is 2.43. The molecule has 4 nitrogen and oxygen atoms in total. The standard InChI is InChI=1S/C14H23N3OS/c1-4-8-15-13-12(7-6-9-16-13)14(18)17-11(3)10-19-5-2/h6-7,9,11H,4-5,8,10H2,1-3H3,(H,15,16)(H,17,18). The molecule has 1 unspecified atom stereocenters. The van der Waals surface area contributed by atoms with Gasteiger partial charge in [0, 0.05) is 24.5 Å². The van der Waals surface area contributed by atoms with Crippen molar-refractivity contribution in [1.29, 1.82) is 0 Å². The van der Waals surface area contributed by atoms with E-state index in [-0.39, 0.29) is 11.9 Å². The molecule has 0 bridgehead atoms. The fourth-order valence-corrected chi connectivity index (χ4v) is 2.28. The molecule has 2 N–H and O–H groups in total. The molecule has 1 aromatic rings. The van der Waals surface area contributed by atoms with Crippen molar-refractivity contribution >= 4 is 23.5 Å². The van der Waals surface area contributed by atoms with Crippen LogP contribution in [0.25, 0.3) is 0 Å². The first-order chi connectivity index (χ1) is 9.19. The molecule has 0 saturated carbocycles. The number of hydrogen-bond acceptors (Lipinski definition) is 4. The van der Waals surface area contributed by atoms with Crippen LogP contribution in [0.3, 0.4) is 0 Å². The summed E-state index contributed by atoms with van der Waals surface area (Å²) in [4.78, 5) is 16.4. The van der Waals surface area contributed by atoms with Gasteiger partial charge < -0.3 is 10.6 Å². The highest BCUT2D eigenvalue weighted by molar-refractivity contribution is 7.99. The summed E-state index contributed by atoms with van der Waals surface area (Å²) in [5.74, 6) is 2.60. The smallest absolute Gasteiger partial charge is 0.255 e. The van der Waals surface area contributed by atoms with E-state index in [1.54, 1.807) is 18.3 Å². The lowest BCUT2D eigenvalue weighted by molar-refractivity contribution is 0.0944. The van der Waals surface area contributed by atoms with E-state index in [1.807, 2.05) is 18.7 Å². The molecule has 1 heterocycles. The molecule has 0 spiro atoms. The van der Waals surface area contributed by atoms with E-state index in [2.05, 4.69) is 29.5 Å². The molecule has 0 radical (unpaired) electrons. The van der Waals surface area contributed by atoms with Crippen LogP contribution < -0.4 is 10.6 Å². The van der Waals surface area contributed by atoms with Crippen molar-refractivity contribution in [2.45, 2.75) is 33.2 Å². The number of hydrogen-bond donors (Lipinski definition) is 2. The van der Waals surface area contributed by atoms with E-state index in [4.69, 9.17) is 0 Å². The van der Waals surface area contributed by atoms with E-state index in [9.17, 15) is 4.79 Å². The highest BCUT2D eigenvalue weighted by Gasteiger charge is 2.14. The molecule has 106 valence electrons. The Balaban J connectivity index is 2.65. The second-order valence-electron chi connectivity index (χ2n) is 4.36. The van der Waals surface area contributed by atoms with Gasteiger partial charge in [-0.05, 0) is 31.2 Å². The van der Waals surface area contributed by atoms with Gasteiger partial charge in [0.15, 0.2) is 0 Å². The molecule has 0 aliphatic heterocycles. The largest absolute Gasteiger partial charge is 0.369 e. The van der Waals surface area contributed by atoms with E-state index >= 15 is 0 Å². The number of anilines is 1. The molecule has 1 amide bonds. The van der Waals surface area contributed by atoms with Gasteiger partial charge in [-0.15, -0.1) is 0 Å². The zero-order valence-corrected chi connectivity index (χ0v) is 12.7. The van der Waals surface area contributed by atoms with E-state index in [1.165, 1.54) is 0 Å². The van der Waals surface area contributed by atoms with Crippen LogP contribution >= 0.6 is 11.8 Å². The van der Waals surface area contributed by atoms with Crippen LogP contribution in [0.15, 0.2) is 18.3 Å². The second-order valence-corrected chi connectivity index (χ2v) is 5.68. The second kappa shape index (κ2) is 8.80. The highest BCUT2D eigenvalue weighted by atomic mass is 32.2. The van der Waals surface area contributed by atoms with Gasteiger partial charge in [-0.2, -0.15) is 11.8 Å². The maximum Gasteiger partial charge on any atom is 0.255 e. The van der Waals surface area contributed by atoms with Crippen molar-refractivity contribution in [1.82, 2.24) is 10.3 Å². The van der Waals surface area contributed by atoms with Gasteiger partial charge in [-0.3, -0.25) is 4.79 Å². The number of nitrogens with one attached hydrogen (secondary N) is 2. The molecular weight excluding hydrogens is 258 g/mol. The number of aromatic nitrogens is 1. The first-order valence-corrected chi connectivity index (χ1v) is 7.92. The third-order valence-corrected chi connectivity index (χ3v) is 3.69. The Morgan fingerprint density at radius 2 is 2.26 bits per heavy atom. The molecule has 1 atom stereocenters. The fraction of sp³-hybridized carbons (Fsp3) is 0.571. The Morgan fingerprint density at radius 3 is 2.95 bits per heavy atom. The Kier molecular flexibility index (Phi) is 7.33. The van der Waals surface area contributed by atoms with E-state index in [0.29, 0.717) is 11.4 Å². The Labute approximate surface area is 119 Å². The Hall–Kier alpha value is -1.23. The quantitative estimate of drug-likeness (QED) is 0.769.